The quantitative estimate of drug-likeness (QED) is 0.804. The highest BCUT2D eigenvalue weighted by Gasteiger charge is 2.27. The summed E-state index contributed by atoms with van der Waals surface area (Å²) in [5.41, 5.74) is 2.99. The average Bonchev–Trinajstić information content (AvgIpc) is 2.54. The second-order valence-electron chi connectivity index (χ2n) is 5.73. The average molecular weight is 367 g/mol. The number of hydrogen-bond acceptors (Lipinski definition) is 3. The van der Waals surface area contributed by atoms with E-state index >= 15 is 0 Å². The minimum absolute atomic E-state index is 0.231. The van der Waals surface area contributed by atoms with Crippen molar-refractivity contribution in [2.75, 3.05) is 11.4 Å². The van der Waals surface area contributed by atoms with Gasteiger partial charge in [-0.3, -0.25) is 4.79 Å². The zero-order chi connectivity index (χ0) is 18.8. The van der Waals surface area contributed by atoms with Gasteiger partial charge in [0.15, 0.2) is 0 Å². The Bertz CT molecular complexity index is 857. The van der Waals surface area contributed by atoms with Crippen LogP contribution in [0.25, 0.3) is 0 Å². The van der Waals surface area contributed by atoms with Crippen LogP contribution < -0.4 is 4.90 Å². The van der Waals surface area contributed by atoms with E-state index in [-0.39, 0.29) is 11.5 Å². The maximum absolute atomic E-state index is 12.7. The van der Waals surface area contributed by atoms with E-state index in [2.05, 4.69) is 0 Å². The van der Waals surface area contributed by atoms with Crippen molar-refractivity contribution in [3.05, 3.63) is 59.2 Å². The molecule has 0 bridgehead atoms. The van der Waals surface area contributed by atoms with Crippen molar-refractivity contribution in [2.45, 2.75) is 31.4 Å². The minimum Gasteiger partial charge on any atom is -0.309 e. The molecule has 134 valence electrons. The number of benzene rings is 2. The Kier molecular flexibility index (Phi) is 5.57. The van der Waals surface area contributed by atoms with Crippen LogP contribution in [0.1, 0.15) is 28.4 Å². The molecule has 0 spiro atoms. The first kappa shape index (κ1) is 19.1. The summed E-state index contributed by atoms with van der Waals surface area (Å²) in [6.45, 7) is 6.10. The van der Waals surface area contributed by atoms with Crippen molar-refractivity contribution in [3.8, 4) is 0 Å². The van der Waals surface area contributed by atoms with Crippen LogP contribution in [0.4, 0.5) is 14.5 Å². The number of nitrogens with zero attached hydrogens (tertiary/aromatic N) is 1. The Morgan fingerprint density at radius 1 is 1.04 bits per heavy atom. The number of anilines is 1. The lowest BCUT2D eigenvalue weighted by Crippen LogP contribution is -2.30. The van der Waals surface area contributed by atoms with Crippen molar-refractivity contribution in [1.82, 2.24) is 0 Å². The number of hydrogen-bond donors (Lipinski definition) is 0. The van der Waals surface area contributed by atoms with Gasteiger partial charge in [0.2, 0.25) is 9.84 Å². The summed E-state index contributed by atoms with van der Waals surface area (Å²) in [5, 5.41) is 0. The van der Waals surface area contributed by atoms with Gasteiger partial charge in [-0.05, 0) is 68.3 Å². The van der Waals surface area contributed by atoms with E-state index in [9.17, 15) is 22.0 Å². The van der Waals surface area contributed by atoms with Crippen molar-refractivity contribution in [3.63, 3.8) is 0 Å². The summed E-state index contributed by atoms with van der Waals surface area (Å²) in [6.07, 6.45) is 0. The van der Waals surface area contributed by atoms with Crippen LogP contribution in [0.5, 0.6) is 0 Å². The van der Waals surface area contributed by atoms with Gasteiger partial charge in [0.1, 0.15) is 0 Å². The molecule has 0 aliphatic heterocycles. The normalized spacial score (nSPS) is 11.6. The molecule has 2 aromatic carbocycles. The molecule has 1 amide bonds. The predicted octanol–water partition coefficient (Wildman–Crippen LogP) is 3.97. The van der Waals surface area contributed by atoms with E-state index in [1.54, 1.807) is 4.90 Å². The lowest BCUT2D eigenvalue weighted by Gasteiger charge is -2.22. The third-order valence-corrected chi connectivity index (χ3v) is 5.14. The number of aryl methyl sites for hydroxylation is 2. The first-order chi connectivity index (χ1) is 11.7. The van der Waals surface area contributed by atoms with Gasteiger partial charge < -0.3 is 4.90 Å². The molecule has 0 atom stereocenters. The molecule has 0 saturated carbocycles. The van der Waals surface area contributed by atoms with Crippen molar-refractivity contribution in [1.29, 1.82) is 0 Å². The highest BCUT2D eigenvalue weighted by Crippen LogP contribution is 2.23. The smallest absolute Gasteiger partial charge is 0.309 e. The Labute approximate surface area is 146 Å². The molecule has 4 nitrogen and oxygen atoms in total. The van der Waals surface area contributed by atoms with Crippen LogP contribution >= 0.6 is 0 Å². The number of amides is 1. The summed E-state index contributed by atoms with van der Waals surface area (Å²) < 4.78 is 48.1. The summed E-state index contributed by atoms with van der Waals surface area (Å²) in [7, 11) is -4.67. The SMILES string of the molecule is CCN(C(=O)c1ccc(S(=O)(=O)C(F)F)cc1)c1cc(C)cc(C)c1. The van der Waals surface area contributed by atoms with Gasteiger partial charge in [0, 0.05) is 17.8 Å². The van der Waals surface area contributed by atoms with Gasteiger partial charge in [0.25, 0.3) is 5.91 Å². The number of alkyl halides is 2. The second kappa shape index (κ2) is 7.31. The molecule has 0 fully saturated rings. The highest BCUT2D eigenvalue weighted by molar-refractivity contribution is 7.91. The zero-order valence-corrected chi connectivity index (χ0v) is 15.0. The van der Waals surface area contributed by atoms with Gasteiger partial charge in [-0.15, -0.1) is 0 Å². The van der Waals surface area contributed by atoms with Crippen molar-refractivity contribution >= 4 is 21.4 Å². The van der Waals surface area contributed by atoms with Gasteiger partial charge in [-0.1, -0.05) is 6.07 Å². The molecule has 0 aliphatic carbocycles. The molecule has 0 unspecified atom stereocenters. The Hall–Kier alpha value is -2.28. The Balaban J connectivity index is 2.35. The number of carbonyl (C=O) groups is 1. The molecule has 2 aromatic rings. The van der Waals surface area contributed by atoms with Crippen molar-refractivity contribution < 1.29 is 22.0 Å². The number of rotatable bonds is 5. The van der Waals surface area contributed by atoms with E-state index in [0.717, 1.165) is 28.9 Å². The Morgan fingerprint density at radius 2 is 1.56 bits per heavy atom. The van der Waals surface area contributed by atoms with E-state index < -0.39 is 20.5 Å². The Morgan fingerprint density at radius 3 is 2.00 bits per heavy atom. The van der Waals surface area contributed by atoms with E-state index in [4.69, 9.17) is 0 Å². The third-order valence-electron chi connectivity index (χ3n) is 3.74. The van der Waals surface area contributed by atoms with Crippen LogP contribution in [-0.2, 0) is 9.84 Å². The van der Waals surface area contributed by atoms with Crippen LogP contribution in [0, 0.1) is 13.8 Å². The van der Waals surface area contributed by atoms with Crippen LogP contribution in [0.2, 0.25) is 0 Å². The zero-order valence-electron chi connectivity index (χ0n) is 14.2. The molecule has 25 heavy (non-hydrogen) atoms. The molecule has 0 aliphatic rings. The van der Waals surface area contributed by atoms with Crippen LogP contribution in [-0.4, -0.2) is 26.6 Å². The number of carbonyl (C=O) groups excluding carboxylic acids is 1. The summed E-state index contributed by atoms with van der Waals surface area (Å²) >= 11 is 0. The fraction of sp³-hybridized carbons (Fsp3) is 0.278. The third kappa shape index (κ3) is 4.04. The maximum atomic E-state index is 12.7. The molecular weight excluding hydrogens is 348 g/mol. The molecule has 0 aromatic heterocycles. The van der Waals surface area contributed by atoms with E-state index in [1.165, 1.54) is 12.1 Å². The fourth-order valence-electron chi connectivity index (χ4n) is 2.60. The summed E-state index contributed by atoms with van der Waals surface area (Å²) in [4.78, 5) is 13.8. The van der Waals surface area contributed by atoms with Gasteiger partial charge >= 0.3 is 5.76 Å². The lowest BCUT2D eigenvalue weighted by molar-refractivity contribution is 0.0988. The lowest BCUT2D eigenvalue weighted by atomic mass is 10.1. The van der Waals surface area contributed by atoms with Gasteiger partial charge in [-0.2, -0.15) is 8.78 Å². The van der Waals surface area contributed by atoms with Gasteiger partial charge in [-0.25, -0.2) is 8.42 Å². The highest BCUT2D eigenvalue weighted by atomic mass is 32.2. The molecule has 0 saturated heterocycles. The fourth-order valence-corrected chi connectivity index (χ4v) is 3.32. The topological polar surface area (TPSA) is 54.5 Å². The molecule has 2 rings (SSSR count). The summed E-state index contributed by atoms with van der Waals surface area (Å²) in [6, 6.07) is 10.3. The van der Waals surface area contributed by atoms with Gasteiger partial charge in [0.05, 0.1) is 4.90 Å². The first-order valence-corrected chi connectivity index (χ1v) is 9.23. The van der Waals surface area contributed by atoms with Crippen LogP contribution in [0.3, 0.4) is 0 Å². The number of sulfone groups is 1. The van der Waals surface area contributed by atoms with Crippen LogP contribution in [0.15, 0.2) is 47.4 Å². The molecule has 0 heterocycles. The minimum atomic E-state index is -4.67. The molecule has 0 radical (unpaired) electrons. The largest absolute Gasteiger partial charge is 0.341 e. The summed E-state index contributed by atoms with van der Waals surface area (Å²) in [5.74, 6) is -3.81. The predicted molar refractivity (Wildman–Crippen MR) is 92.9 cm³/mol. The molecular formula is C18H19F2NO3S. The van der Waals surface area contributed by atoms with Crippen molar-refractivity contribution in [2.24, 2.45) is 0 Å². The monoisotopic (exact) mass is 367 g/mol. The van der Waals surface area contributed by atoms with E-state index in [0.29, 0.717) is 6.54 Å². The maximum Gasteiger partial charge on any atom is 0.341 e. The van der Waals surface area contributed by atoms with E-state index in [1.807, 2.05) is 39.0 Å². The first-order valence-electron chi connectivity index (χ1n) is 7.69. The molecule has 0 N–H and O–H groups in total. The molecule has 7 heteroatoms. The standard InChI is InChI=1S/C18H19F2NO3S/c1-4-21(15-10-12(2)9-13(3)11-15)17(22)14-5-7-16(8-6-14)25(23,24)18(19)20/h5-11,18H,4H2,1-3H3. The number of halogens is 2. The second-order valence-corrected chi connectivity index (χ2v) is 7.64.